The van der Waals surface area contributed by atoms with Gasteiger partial charge in [0.25, 0.3) is 5.91 Å². The van der Waals surface area contributed by atoms with Crippen LogP contribution >= 0.6 is 0 Å². The highest BCUT2D eigenvalue weighted by Crippen LogP contribution is 2.24. The topological polar surface area (TPSA) is 81.2 Å². The van der Waals surface area contributed by atoms with Crippen molar-refractivity contribution >= 4 is 11.9 Å². The smallest absolute Gasteiger partial charge is 0.358 e. The van der Waals surface area contributed by atoms with Gasteiger partial charge in [0.2, 0.25) is 0 Å². The second-order valence-corrected chi connectivity index (χ2v) is 5.33. The Bertz CT molecular complexity index is 526. The summed E-state index contributed by atoms with van der Waals surface area (Å²) in [6, 6.07) is 1.46. The van der Waals surface area contributed by atoms with Gasteiger partial charge >= 0.3 is 5.97 Å². The molecule has 6 heteroatoms. The Balaban J connectivity index is 2.39. The van der Waals surface area contributed by atoms with Gasteiger partial charge in [-0.05, 0) is 24.8 Å². The molecule has 0 fully saturated rings. The Morgan fingerprint density at radius 1 is 1.47 bits per heavy atom. The van der Waals surface area contributed by atoms with Gasteiger partial charge < -0.3 is 10.1 Å². The molecule has 0 saturated carbocycles. The fraction of sp³-hybridized carbons (Fsp3) is 0.538. The van der Waals surface area contributed by atoms with Gasteiger partial charge in [0.15, 0.2) is 5.69 Å². The number of nitrogens with zero attached hydrogens (tertiary/aromatic N) is 2. The second-order valence-electron chi connectivity index (χ2n) is 5.33. The van der Waals surface area contributed by atoms with Crippen molar-refractivity contribution in [3.8, 4) is 0 Å². The van der Waals surface area contributed by atoms with Gasteiger partial charge in [0.05, 0.1) is 17.9 Å². The molecule has 2 heterocycles. The molecule has 0 spiro atoms. The van der Waals surface area contributed by atoms with Crippen LogP contribution in [0.3, 0.4) is 0 Å². The number of fused-ring (bicyclic) bond motifs is 1. The second kappa shape index (κ2) is 4.95. The Morgan fingerprint density at radius 2 is 2.21 bits per heavy atom. The molecule has 0 bridgehead atoms. The third-order valence-electron chi connectivity index (χ3n) is 2.97. The van der Waals surface area contributed by atoms with Crippen LogP contribution in [0.25, 0.3) is 0 Å². The van der Waals surface area contributed by atoms with E-state index in [2.05, 4.69) is 15.5 Å². The molecule has 1 amide bonds. The maximum Gasteiger partial charge on any atom is 0.358 e. The van der Waals surface area contributed by atoms with Crippen molar-refractivity contribution in [2.45, 2.75) is 27.2 Å². The molecular formula is C13H17N3O3. The summed E-state index contributed by atoms with van der Waals surface area (Å²) in [5.74, 6) is -0.782. The van der Waals surface area contributed by atoms with Crippen LogP contribution in [-0.2, 0) is 11.2 Å². The van der Waals surface area contributed by atoms with Crippen molar-refractivity contribution in [2.24, 2.45) is 5.41 Å². The largest absolute Gasteiger partial charge is 0.461 e. The molecule has 102 valence electrons. The number of hydrogen-bond acceptors (Lipinski definition) is 5. The normalized spacial score (nSPS) is 17.1. The Hall–Kier alpha value is -1.98. The van der Waals surface area contributed by atoms with E-state index < -0.39 is 5.97 Å². The van der Waals surface area contributed by atoms with Crippen LogP contribution in [0, 0.1) is 5.41 Å². The molecule has 0 aromatic carbocycles. The van der Waals surface area contributed by atoms with Crippen LogP contribution in [0.2, 0.25) is 0 Å². The fourth-order valence-corrected chi connectivity index (χ4v) is 1.98. The van der Waals surface area contributed by atoms with Crippen LogP contribution in [0.5, 0.6) is 0 Å². The molecule has 6 nitrogen and oxygen atoms in total. The van der Waals surface area contributed by atoms with E-state index in [4.69, 9.17) is 4.74 Å². The number of rotatable bonds is 2. The molecule has 0 saturated heterocycles. The molecule has 1 aromatic rings. The minimum atomic E-state index is -0.561. The molecule has 0 aliphatic carbocycles. The lowest BCUT2D eigenvalue weighted by Crippen LogP contribution is -2.31. The van der Waals surface area contributed by atoms with Crippen molar-refractivity contribution < 1.29 is 14.3 Å². The van der Waals surface area contributed by atoms with Crippen LogP contribution in [-0.4, -0.2) is 35.2 Å². The predicted molar refractivity (Wildman–Crippen MR) is 67.8 cm³/mol. The summed E-state index contributed by atoms with van der Waals surface area (Å²) in [4.78, 5) is 23.6. The maximum absolute atomic E-state index is 12.0. The summed E-state index contributed by atoms with van der Waals surface area (Å²) in [6.07, 6.45) is 0.636. The number of carbonyl (C=O) groups excluding carboxylic acids is 2. The standard InChI is InChI=1S/C13H17N3O3/c1-4-19-12(18)9-5-8-10(16-15-9)6-13(2,3)7-14-11(8)17/h5H,4,6-7H2,1-3H3,(H,14,17). The molecule has 1 aliphatic heterocycles. The van der Waals surface area contributed by atoms with Gasteiger partial charge in [-0.25, -0.2) is 4.79 Å². The number of hydrogen-bond donors (Lipinski definition) is 1. The van der Waals surface area contributed by atoms with Gasteiger partial charge in [0.1, 0.15) is 0 Å². The van der Waals surface area contributed by atoms with E-state index in [0.717, 1.165) is 0 Å². The summed E-state index contributed by atoms with van der Waals surface area (Å²) in [7, 11) is 0. The summed E-state index contributed by atoms with van der Waals surface area (Å²) in [5, 5.41) is 10.7. The molecule has 1 N–H and O–H groups in total. The zero-order valence-electron chi connectivity index (χ0n) is 11.3. The number of amides is 1. The summed E-state index contributed by atoms with van der Waals surface area (Å²) < 4.78 is 4.85. The lowest BCUT2D eigenvalue weighted by atomic mass is 9.88. The van der Waals surface area contributed by atoms with E-state index in [9.17, 15) is 9.59 Å². The number of carbonyl (C=O) groups is 2. The van der Waals surface area contributed by atoms with Crippen molar-refractivity contribution in [3.63, 3.8) is 0 Å². The van der Waals surface area contributed by atoms with Gasteiger partial charge in [0, 0.05) is 6.54 Å². The third-order valence-corrected chi connectivity index (χ3v) is 2.97. The molecule has 1 aliphatic rings. The summed E-state index contributed by atoms with van der Waals surface area (Å²) in [6.45, 7) is 6.63. The van der Waals surface area contributed by atoms with E-state index in [1.54, 1.807) is 6.92 Å². The van der Waals surface area contributed by atoms with Crippen molar-refractivity contribution in [3.05, 3.63) is 23.0 Å². The fourth-order valence-electron chi connectivity index (χ4n) is 1.98. The van der Waals surface area contributed by atoms with E-state index in [1.165, 1.54) is 6.07 Å². The van der Waals surface area contributed by atoms with E-state index in [1.807, 2.05) is 13.8 Å². The number of aromatic nitrogens is 2. The molecule has 1 aromatic heterocycles. The van der Waals surface area contributed by atoms with E-state index in [0.29, 0.717) is 24.2 Å². The molecular weight excluding hydrogens is 246 g/mol. The SMILES string of the molecule is CCOC(=O)c1cc2c(nn1)CC(C)(C)CNC2=O. The summed E-state index contributed by atoms with van der Waals surface area (Å²) in [5.41, 5.74) is 1.01. The number of esters is 1. The third kappa shape index (κ3) is 2.89. The van der Waals surface area contributed by atoms with E-state index in [-0.39, 0.29) is 23.6 Å². The predicted octanol–water partition coefficient (Wildman–Crippen LogP) is 0.965. The molecule has 2 rings (SSSR count). The molecule has 0 radical (unpaired) electrons. The monoisotopic (exact) mass is 263 g/mol. The van der Waals surface area contributed by atoms with Crippen LogP contribution in [0.4, 0.5) is 0 Å². The minimum Gasteiger partial charge on any atom is -0.461 e. The first-order valence-corrected chi connectivity index (χ1v) is 6.25. The van der Waals surface area contributed by atoms with Crippen LogP contribution in [0.1, 0.15) is 47.3 Å². The van der Waals surface area contributed by atoms with Crippen LogP contribution < -0.4 is 5.32 Å². The van der Waals surface area contributed by atoms with Crippen molar-refractivity contribution in [1.82, 2.24) is 15.5 Å². The Labute approximate surface area is 111 Å². The van der Waals surface area contributed by atoms with Crippen molar-refractivity contribution in [2.75, 3.05) is 13.2 Å². The van der Waals surface area contributed by atoms with Crippen molar-refractivity contribution in [1.29, 1.82) is 0 Å². The van der Waals surface area contributed by atoms with Gasteiger partial charge in [-0.3, -0.25) is 4.79 Å². The highest BCUT2D eigenvalue weighted by Gasteiger charge is 2.29. The van der Waals surface area contributed by atoms with Crippen LogP contribution in [0.15, 0.2) is 6.07 Å². The molecule has 0 unspecified atom stereocenters. The zero-order chi connectivity index (χ0) is 14.0. The van der Waals surface area contributed by atoms with Gasteiger partial charge in [-0.1, -0.05) is 13.8 Å². The maximum atomic E-state index is 12.0. The first kappa shape index (κ1) is 13.5. The molecule has 19 heavy (non-hydrogen) atoms. The van der Waals surface area contributed by atoms with Gasteiger partial charge in [-0.2, -0.15) is 5.10 Å². The first-order valence-electron chi connectivity index (χ1n) is 6.25. The Kier molecular flexibility index (Phi) is 3.50. The zero-order valence-corrected chi connectivity index (χ0v) is 11.3. The minimum absolute atomic E-state index is 0.0652. The average molecular weight is 263 g/mol. The quantitative estimate of drug-likeness (QED) is 0.804. The Morgan fingerprint density at radius 3 is 2.89 bits per heavy atom. The van der Waals surface area contributed by atoms with E-state index >= 15 is 0 Å². The highest BCUT2D eigenvalue weighted by atomic mass is 16.5. The lowest BCUT2D eigenvalue weighted by molar-refractivity contribution is 0.0518. The number of ether oxygens (including phenoxy) is 1. The molecule has 0 atom stereocenters. The number of nitrogens with one attached hydrogen (secondary N) is 1. The lowest BCUT2D eigenvalue weighted by Gasteiger charge is -2.21. The van der Waals surface area contributed by atoms with Gasteiger partial charge in [-0.15, -0.1) is 5.10 Å². The first-order chi connectivity index (χ1) is 8.93. The summed E-state index contributed by atoms with van der Waals surface area (Å²) >= 11 is 0. The average Bonchev–Trinajstić information content (AvgIpc) is 2.46. The highest BCUT2D eigenvalue weighted by molar-refractivity contribution is 5.98.